The van der Waals surface area contributed by atoms with Gasteiger partial charge in [0, 0.05) is 25.3 Å². The number of hydrogen-bond donors (Lipinski definition) is 0. The summed E-state index contributed by atoms with van der Waals surface area (Å²) in [6, 6.07) is 4.26. The highest BCUT2D eigenvalue weighted by molar-refractivity contribution is 7.82. The molecule has 22 heavy (non-hydrogen) atoms. The Morgan fingerprint density at radius 2 is 1.86 bits per heavy atom. The van der Waals surface area contributed by atoms with E-state index >= 15 is 0 Å². The smallest absolute Gasteiger partial charge is 0.146 e. The Hall–Kier alpha value is -0.490. The van der Waals surface area contributed by atoms with E-state index in [9.17, 15) is 4.21 Å². The fraction of sp³-hybridized carbons (Fsp3) is 0.688. The number of nitrogens with zero attached hydrogens (tertiary/aromatic N) is 3. The number of halogens is 1. The van der Waals surface area contributed by atoms with E-state index in [1.165, 1.54) is 25.9 Å². The molecular formula is C16H24ClN3OS. The fourth-order valence-electron chi connectivity index (χ4n) is 3.41. The molecule has 4 nitrogen and oxygen atoms in total. The molecule has 0 bridgehead atoms. The molecule has 2 fully saturated rings. The van der Waals surface area contributed by atoms with Crippen LogP contribution in [-0.4, -0.2) is 50.6 Å². The Labute approximate surface area is 140 Å². The number of piperidine rings is 2. The summed E-state index contributed by atoms with van der Waals surface area (Å²) < 4.78 is 14.7. The van der Waals surface area contributed by atoms with Crippen molar-refractivity contribution in [2.45, 2.75) is 43.5 Å². The Morgan fingerprint density at radius 1 is 1.18 bits per heavy atom. The van der Waals surface area contributed by atoms with E-state index < -0.39 is 11.0 Å². The van der Waals surface area contributed by atoms with Gasteiger partial charge in [-0.25, -0.2) is 13.5 Å². The van der Waals surface area contributed by atoms with Crippen LogP contribution >= 0.6 is 11.6 Å². The van der Waals surface area contributed by atoms with E-state index in [0.29, 0.717) is 16.1 Å². The maximum Gasteiger partial charge on any atom is 0.146 e. The van der Waals surface area contributed by atoms with Crippen LogP contribution in [-0.2, 0) is 11.0 Å². The van der Waals surface area contributed by atoms with Crippen LogP contribution in [0.5, 0.6) is 0 Å². The Kier molecular flexibility index (Phi) is 5.50. The summed E-state index contributed by atoms with van der Waals surface area (Å²) in [5, 5.41) is 0.355. The van der Waals surface area contributed by atoms with Gasteiger partial charge in [0.15, 0.2) is 0 Å². The van der Waals surface area contributed by atoms with Gasteiger partial charge in [-0.2, -0.15) is 0 Å². The summed E-state index contributed by atoms with van der Waals surface area (Å²) in [5.41, 5.74) is 0. The number of aromatic nitrogens is 1. The Balaban J connectivity index is 1.55. The van der Waals surface area contributed by atoms with Crippen molar-refractivity contribution in [2.24, 2.45) is 5.92 Å². The minimum Gasteiger partial charge on any atom is -0.300 e. The van der Waals surface area contributed by atoms with Crippen LogP contribution in [0.25, 0.3) is 0 Å². The first-order valence-corrected chi connectivity index (χ1v) is 9.65. The summed E-state index contributed by atoms with van der Waals surface area (Å²) in [5.74, 6) is 0.872. The van der Waals surface area contributed by atoms with Gasteiger partial charge in [-0.05, 0) is 56.8 Å². The van der Waals surface area contributed by atoms with Crippen molar-refractivity contribution in [1.82, 2.24) is 14.2 Å². The van der Waals surface area contributed by atoms with E-state index in [4.69, 9.17) is 11.6 Å². The fourth-order valence-corrected chi connectivity index (χ4v) is 4.94. The van der Waals surface area contributed by atoms with E-state index in [2.05, 4.69) is 16.8 Å². The summed E-state index contributed by atoms with van der Waals surface area (Å²) in [4.78, 5) is 7.30. The minimum absolute atomic E-state index is 0.355. The first-order valence-electron chi connectivity index (χ1n) is 8.16. The third kappa shape index (κ3) is 3.70. The molecule has 1 atom stereocenters. The van der Waals surface area contributed by atoms with E-state index in [0.717, 1.165) is 31.8 Å². The lowest BCUT2D eigenvalue weighted by molar-refractivity contribution is 0.102. The van der Waals surface area contributed by atoms with Crippen molar-refractivity contribution in [2.75, 3.05) is 26.2 Å². The zero-order chi connectivity index (χ0) is 15.5. The van der Waals surface area contributed by atoms with E-state index in [1.54, 1.807) is 12.3 Å². The van der Waals surface area contributed by atoms with Gasteiger partial charge < -0.3 is 4.90 Å². The lowest BCUT2D eigenvalue weighted by Crippen LogP contribution is -2.47. The highest BCUT2D eigenvalue weighted by Gasteiger charge is 2.29. The standard InChI is InChI=1S/C16H24ClN3OS/c1-13-4-9-19(10-5-13)14-6-11-20(12-7-14)22(21)15-3-2-8-18-16(15)17/h2-3,8,13-14H,4-7,9-12H2,1H3. The third-order valence-electron chi connectivity index (χ3n) is 4.91. The van der Waals surface area contributed by atoms with Crippen LogP contribution in [0.3, 0.4) is 0 Å². The molecule has 0 radical (unpaired) electrons. The molecule has 2 saturated heterocycles. The third-order valence-corrected chi connectivity index (χ3v) is 6.86. The molecule has 3 heterocycles. The first-order chi connectivity index (χ1) is 10.6. The highest BCUT2D eigenvalue weighted by atomic mass is 35.5. The zero-order valence-electron chi connectivity index (χ0n) is 13.1. The average molecular weight is 342 g/mol. The molecule has 0 spiro atoms. The summed E-state index contributed by atoms with van der Waals surface area (Å²) in [6.45, 7) is 6.54. The van der Waals surface area contributed by atoms with Gasteiger partial charge in [-0.3, -0.25) is 0 Å². The molecule has 1 aromatic rings. The summed E-state index contributed by atoms with van der Waals surface area (Å²) >= 11 is 6.06. The van der Waals surface area contributed by atoms with E-state index in [-0.39, 0.29) is 0 Å². The van der Waals surface area contributed by atoms with Gasteiger partial charge in [-0.1, -0.05) is 18.5 Å². The summed E-state index contributed by atoms with van der Waals surface area (Å²) in [7, 11) is -1.19. The molecule has 0 saturated carbocycles. The zero-order valence-corrected chi connectivity index (χ0v) is 14.7. The van der Waals surface area contributed by atoms with Gasteiger partial charge >= 0.3 is 0 Å². The second kappa shape index (κ2) is 7.39. The van der Waals surface area contributed by atoms with Crippen LogP contribution < -0.4 is 0 Å². The molecule has 6 heteroatoms. The molecular weight excluding hydrogens is 318 g/mol. The number of likely N-dealkylation sites (tertiary alicyclic amines) is 1. The second-order valence-electron chi connectivity index (χ2n) is 6.42. The molecule has 3 rings (SSSR count). The van der Waals surface area contributed by atoms with Crippen molar-refractivity contribution in [3.63, 3.8) is 0 Å². The van der Waals surface area contributed by atoms with Crippen molar-refractivity contribution in [3.8, 4) is 0 Å². The molecule has 0 aliphatic carbocycles. The minimum atomic E-state index is -1.19. The van der Waals surface area contributed by atoms with Gasteiger partial charge in [0.05, 0.1) is 4.90 Å². The molecule has 0 amide bonds. The maximum atomic E-state index is 12.6. The lowest BCUT2D eigenvalue weighted by Gasteiger charge is -2.40. The van der Waals surface area contributed by atoms with Crippen LogP contribution in [0.4, 0.5) is 0 Å². The molecule has 1 unspecified atom stereocenters. The van der Waals surface area contributed by atoms with Gasteiger partial charge in [0.1, 0.15) is 16.1 Å². The quantitative estimate of drug-likeness (QED) is 0.793. The summed E-state index contributed by atoms with van der Waals surface area (Å²) in [6.07, 6.45) is 6.46. The highest BCUT2D eigenvalue weighted by Crippen LogP contribution is 2.26. The van der Waals surface area contributed by atoms with Crippen molar-refractivity contribution >= 4 is 22.6 Å². The van der Waals surface area contributed by atoms with Gasteiger partial charge in [0.2, 0.25) is 0 Å². The Bertz CT molecular complexity index is 526. The molecule has 2 aliphatic rings. The average Bonchev–Trinajstić information content (AvgIpc) is 2.56. The van der Waals surface area contributed by atoms with Crippen LogP contribution in [0.2, 0.25) is 5.15 Å². The molecule has 0 aromatic carbocycles. The molecule has 2 aliphatic heterocycles. The van der Waals surface area contributed by atoms with Crippen molar-refractivity contribution in [3.05, 3.63) is 23.5 Å². The van der Waals surface area contributed by atoms with Crippen molar-refractivity contribution < 1.29 is 4.21 Å². The number of hydrogen-bond acceptors (Lipinski definition) is 3. The molecule has 0 N–H and O–H groups in total. The monoisotopic (exact) mass is 341 g/mol. The van der Waals surface area contributed by atoms with Gasteiger partial charge in [-0.15, -0.1) is 0 Å². The number of rotatable bonds is 3. The van der Waals surface area contributed by atoms with E-state index in [1.807, 2.05) is 10.4 Å². The molecule has 122 valence electrons. The van der Waals surface area contributed by atoms with Gasteiger partial charge in [0.25, 0.3) is 0 Å². The first kappa shape index (κ1) is 16.4. The van der Waals surface area contributed by atoms with Crippen LogP contribution in [0.15, 0.2) is 23.2 Å². The lowest BCUT2D eigenvalue weighted by atomic mass is 9.95. The van der Waals surface area contributed by atoms with Crippen LogP contribution in [0, 0.1) is 5.92 Å². The normalized spacial score (nSPS) is 24.5. The largest absolute Gasteiger partial charge is 0.300 e. The second-order valence-corrected chi connectivity index (χ2v) is 8.23. The Morgan fingerprint density at radius 3 is 2.50 bits per heavy atom. The maximum absolute atomic E-state index is 12.6. The SMILES string of the molecule is CC1CCN(C2CCN(S(=O)c3cccnc3Cl)CC2)CC1. The molecule has 1 aromatic heterocycles. The van der Waals surface area contributed by atoms with Crippen LogP contribution in [0.1, 0.15) is 32.6 Å². The predicted octanol–water partition coefficient (Wildman–Crippen LogP) is 2.95. The topological polar surface area (TPSA) is 36.4 Å². The van der Waals surface area contributed by atoms with Crippen molar-refractivity contribution in [1.29, 1.82) is 0 Å². The predicted molar refractivity (Wildman–Crippen MR) is 90.2 cm³/mol. The number of pyridine rings is 1.